The van der Waals surface area contributed by atoms with Crippen molar-refractivity contribution in [3.8, 4) is 5.75 Å². The lowest BCUT2D eigenvalue weighted by molar-refractivity contribution is -0.274. The van der Waals surface area contributed by atoms with Gasteiger partial charge in [-0.1, -0.05) is 35.1 Å². The molecule has 1 atom stereocenters. The third-order valence-electron chi connectivity index (χ3n) is 3.66. The van der Waals surface area contributed by atoms with Crippen LogP contribution in [0.1, 0.15) is 17.9 Å². The summed E-state index contributed by atoms with van der Waals surface area (Å²) in [5.41, 5.74) is 12.4. The number of carbonyl (C=O) groups is 1. The number of nitrogens with two attached hydrogens (primary N) is 2. The van der Waals surface area contributed by atoms with Crippen molar-refractivity contribution in [1.82, 2.24) is 4.98 Å². The van der Waals surface area contributed by atoms with Gasteiger partial charge in [-0.05, 0) is 36.4 Å². The molecular formula is C18H17ClF3N3O3S. The topological polar surface area (TPSA) is 111 Å². The number of anilines is 1. The largest absolute Gasteiger partial charge is 0.573 e. The first-order chi connectivity index (χ1) is 13.6. The average molecular weight is 448 g/mol. The molecule has 0 fully saturated rings. The number of rotatable bonds is 5. The Morgan fingerprint density at radius 1 is 1.24 bits per heavy atom. The van der Waals surface area contributed by atoms with Crippen molar-refractivity contribution < 1.29 is 27.8 Å². The van der Waals surface area contributed by atoms with E-state index in [4.69, 9.17) is 28.2 Å². The number of carboxylic acid groups (broad SMARTS) is 1. The van der Waals surface area contributed by atoms with E-state index in [1.165, 1.54) is 18.2 Å². The van der Waals surface area contributed by atoms with Crippen LogP contribution in [0.15, 0.2) is 42.5 Å². The van der Waals surface area contributed by atoms with E-state index in [-0.39, 0.29) is 18.1 Å². The molecule has 29 heavy (non-hydrogen) atoms. The minimum atomic E-state index is -4.68. The van der Waals surface area contributed by atoms with E-state index in [1.807, 2.05) is 12.1 Å². The number of aliphatic carboxylic acids is 1. The lowest BCUT2D eigenvalue weighted by atomic mass is 9.96. The van der Waals surface area contributed by atoms with Crippen LogP contribution < -0.4 is 16.2 Å². The van der Waals surface area contributed by atoms with E-state index >= 15 is 0 Å². The smallest absolute Gasteiger partial charge is 0.481 e. The average Bonchev–Trinajstić information content (AvgIpc) is 2.99. The molecule has 1 unspecified atom stereocenters. The fraction of sp³-hybridized carbons (Fsp3) is 0.222. The zero-order chi connectivity index (χ0) is 21.6. The Morgan fingerprint density at radius 2 is 1.90 bits per heavy atom. The second-order valence-corrected chi connectivity index (χ2v) is 7.31. The molecule has 2 aromatic carbocycles. The van der Waals surface area contributed by atoms with Crippen LogP contribution in [0.4, 0.5) is 18.3 Å². The second-order valence-electron chi connectivity index (χ2n) is 5.81. The molecule has 1 aromatic heterocycles. The number of nitrogen functional groups attached to an aromatic ring is 1. The Kier molecular flexibility index (Phi) is 7.66. The number of nitrogens with zero attached hydrogens (tertiary/aromatic N) is 1. The minimum absolute atomic E-state index is 0.0537. The van der Waals surface area contributed by atoms with Crippen LogP contribution in [0.3, 0.4) is 0 Å². The highest BCUT2D eigenvalue weighted by atomic mass is 35.5. The Labute approximate surface area is 172 Å². The van der Waals surface area contributed by atoms with Gasteiger partial charge in [-0.3, -0.25) is 4.79 Å². The summed E-state index contributed by atoms with van der Waals surface area (Å²) >= 11 is 6.83. The molecule has 0 radical (unpaired) electrons. The highest BCUT2D eigenvalue weighted by molar-refractivity contribution is 7.22. The number of halogens is 4. The van der Waals surface area contributed by atoms with Crippen LogP contribution in [0, 0.1) is 0 Å². The van der Waals surface area contributed by atoms with Crippen LogP contribution in [0.2, 0.25) is 5.02 Å². The van der Waals surface area contributed by atoms with Gasteiger partial charge in [0.2, 0.25) is 0 Å². The summed E-state index contributed by atoms with van der Waals surface area (Å²) < 4.78 is 40.0. The summed E-state index contributed by atoms with van der Waals surface area (Å²) in [4.78, 5) is 14.4. The van der Waals surface area contributed by atoms with Gasteiger partial charge in [0.1, 0.15) is 5.75 Å². The Morgan fingerprint density at radius 3 is 2.45 bits per heavy atom. The van der Waals surface area contributed by atoms with Gasteiger partial charge in [0.05, 0.1) is 16.6 Å². The van der Waals surface area contributed by atoms with Gasteiger partial charge in [0, 0.05) is 17.0 Å². The van der Waals surface area contributed by atoms with Crippen molar-refractivity contribution in [3.05, 3.63) is 53.1 Å². The zero-order valence-corrected chi connectivity index (χ0v) is 16.4. The quantitative estimate of drug-likeness (QED) is 0.525. The number of carboxylic acids is 1. The van der Waals surface area contributed by atoms with Gasteiger partial charge in [0.25, 0.3) is 0 Å². The first-order valence-electron chi connectivity index (χ1n) is 8.16. The third kappa shape index (κ3) is 7.41. The first-order valence-corrected chi connectivity index (χ1v) is 9.36. The molecule has 0 bridgehead atoms. The molecule has 11 heteroatoms. The molecule has 0 saturated carbocycles. The molecule has 0 saturated heterocycles. The van der Waals surface area contributed by atoms with Crippen LogP contribution in [-0.4, -0.2) is 29.0 Å². The van der Waals surface area contributed by atoms with Crippen molar-refractivity contribution in [2.45, 2.75) is 18.7 Å². The normalized spacial score (nSPS) is 12.2. The molecule has 0 aliphatic rings. The van der Waals surface area contributed by atoms with E-state index in [1.54, 1.807) is 12.1 Å². The predicted octanol–water partition coefficient (Wildman–Crippen LogP) is 4.63. The lowest BCUT2D eigenvalue weighted by Gasteiger charge is -2.12. The monoisotopic (exact) mass is 447 g/mol. The van der Waals surface area contributed by atoms with Crippen LogP contribution in [0.5, 0.6) is 5.75 Å². The molecule has 5 N–H and O–H groups in total. The number of hydrogen-bond donors (Lipinski definition) is 3. The van der Waals surface area contributed by atoms with E-state index < -0.39 is 12.3 Å². The lowest BCUT2D eigenvalue weighted by Crippen LogP contribution is -2.16. The Balaban J connectivity index is 0.000000208. The number of hydrogen-bond acceptors (Lipinski definition) is 6. The van der Waals surface area contributed by atoms with Crippen LogP contribution in [0.25, 0.3) is 10.2 Å². The van der Waals surface area contributed by atoms with Crippen molar-refractivity contribution in [2.24, 2.45) is 5.73 Å². The molecule has 1 heterocycles. The van der Waals surface area contributed by atoms with Gasteiger partial charge >= 0.3 is 12.3 Å². The number of fused-ring (bicyclic) bond motifs is 1. The molecular weight excluding hydrogens is 431 g/mol. The summed E-state index contributed by atoms with van der Waals surface area (Å²) in [6, 6.07) is 11.0. The summed E-state index contributed by atoms with van der Waals surface area (Å²) in [5.74, 6) is -1.24. The SMILES string of the molecule is NCC(CC(=O)O)c1ccc(Cl)cc1.Nc1nc2ccc(OC(F)(F)F)cc2s1. The molecule has 6 nitrogen and oxygen atoms in total. The van der Waals surface area contributed by atoms with Gasteiger partial charge in [-0.25, -0.2) is 4.98 Å². The van der Waals surface area contributed by atoms with E-state index in [9.17, 15) is 18.0 Å². The Hall–Kier alpha value is -2.56. The van der Waals surface area contributed by atoms with E-state index in [2.05, 4.69) is 9.72 Å². The highest BCUT2D eigenvalue weighted by Gasteiger charge is 2.31. The first kappa shape index (κ1) is 22.7. The zero-order valence-electron chi connectivity index (χ0n) is 14.8. The Bertz CT molecular complexity index is 964. The predicted molar refractivity (Wildman–Crippen MR) is 106 cm³/mol. The van der Waals surface area contributed by atoms with Crippen molar-refractivity contribution in [1.29, 1.82) is 0 Å². The molecule has 0 aliphatic carbocycles. The fourth-order valence-electron chi connectivity index (χ4n) is 2.40. The number of benzene rings is 2. The van der Waals surface area contributed by atoms with E-state index in [0.717, 1.165) is 16.9 Å². The van der Waals surface area contributed by atoms with Gasteiger partial charge in [0.15, 0.2) is 5.13 Å². The van der Waals surface area contributed by atoms with Crippen molar-refractivity contribution in [2.75, 3.05) is 12.3 Å². The summed E-state index contributed by atoms with van der Waals surface area (Å²) in [7, 11) is 0. The van der Waals surface area contributed by atoms with Crippen molar-refractivity contribution >= 4 is 44.3 Å². The number of thiazole rings is 1. The molecule has 0 spiro atoms. The maximum absolute atomic E-state index is 11.9. The van der Waals surface area contributed by atoms with E-state index in [0.29, 0.717) is 26.9 Å². The van der Waals surface area contributed by atoms with Gasteiger partial charge in [-0.15, -0.1) is 13.2 Å². The second kappa shape index (κ2) is 9.77. The number of ether oxygens (including phenoxy) is 1. The maximum Gasteiger partial charge on any atom is 0.573 e. The summed E-state index contributed by atoms with van der Waals surface area (Å²) in [5, 5.41) is 9.60. The van der Waals surface area contributed by atoms with Crippen LogP contribution >= 0.6 is 22.9 Å². The number of alkyl halides is 3. The van der Waals surface area contributed by atoms with Gasteiger partial charge in [-0.2, -0.15) is 0 Å². The molecule has 3 aromatic rings. The highest BCUT2D eigenvalue weighted by Crippen LogP contribution is 2.30. The summed E-state index contributed by atoms with van der Waals surface area (Å²) in [6.07, 6.45) is -4.62. The fourth-order valence-corrected chi connectivity index (χ4v) is 3.29. The van der Waals surface area contributed by atoms with Crippen LogP contribution in [-0.2, 0) is 4.79 Å². The molecule has 156 valence electrons. The molecule has 0 amide bonds. The molecule has 0 aliphatic heterocycles. The van der Waals surface area contributed by atoms with Crippen molar-refractivity contribution in [3.63, 3.8) is 0 Å². The van der Waals surface area contributed by atoms with Gasteiger partial charge < -0.3 is 21.3 Å². The molecule has 3 rings (SSSR count). The number of aromatic nitrogens is 1. The standard InChI is InChI=1S/C10H12ClNO2.C8H5F3N2OS/c11-9-3-1-7(2-4-9)8(6-12)5-10(13)14;9-8(10,11)14-4-1-2-5-6(3-4)15-7(12)13-5/h1-4,8H,5-6,12H2,(H,13,14);1-3H,(H2,12,13). The minimum Gasteiger partial charge on any atom is -0.481 e. The third-order valence-corrected chi connectivity index (χ3v) is 4.76. The maximum atomic E-state index is 11.9. The summed E-state index contributed by atoms with van der Waals surface area (Å²) in [6.45, 7) is 0.327.